The molecule has 1 aromatic rings. The number of anilines is 1. The lowest BCUT2D eigenvalue weighted by Crippen LogP contribution is -2.40. The first-order valence-electron chi connectivity index (χ1n) is 9.26. The van der Waals surface area contributed by atoms with E-state index in [1.165, 1.54) is 32.8 Å². The lowest BCUT2D eigenvalue weighted by Gasteiger charge is -2.27. The molecule has 1 aliphatic heterocycles. The first-order valence-corrected chi connectivity index (χ1v) is 9.64. The molecule has 1 N–H and O–H groups in total. The van der Waals surface area contributed by atoms with Gasteiger partial charge in [0.2, 0.25) is 0 Å². The number of halogens is 1. The first kappa shape index (κ1) is 19.0. The number of nitrogens with one attached hydrogen (secondary N) is 1. The summed E-state index contributed by atoms with van der Waals surface area (Å²) in [6, 6.07) is 5.38. The number of carbonyl (C=O) groups is 2. The van der Waals surface area contributed by atoms with E-state index in [0.717, 1.165) is 32.6 Å². The highest BCUT2D eigenvalue weighted by atomic mass is 35.5. The molecule has 1 saturated heterocycles. The molecule has 0 bridgehead atoms. The Hall–Kier alpha value is -1.79. The molecule has 0 aromatic heterocycles. The number of rotatable bonds is 3. The average molecular weight is 380 g/mol. The molecule has 0 radical (unpaired) electrons. The second kappa shape index (κ2) is 8.73. The van der Waals surface area contributed by atoms with Crippen LogP contribution in [0.15, 0.2) is 18.2 Å². The van der Waals surface area contributed by atoms with Gasteiger partial charge in [-0.2, -0.15) is 0 Å². The number of urea groups is 1. The minimum absolute atomic E-state index is 0.125. The van der Waals surface area contributed by atoms with Gasteiger partial charge in [-0.25, -0.2) is 9.59 Å². The fourth-order valence-electron chi connectivity index (χ4n) is 3.85. The topological polar surface area (TPSA) is 61.9 Å². The standard InChI is InChI=1S/C19H26ClN3O3/c1-26-18(24)16-8-7-14(13-17(16)20)21-19(25)23-10-4-9-22(11-12-23)15-5-2-3-6-15/h7-8,13,15H,2-6,9-12H2,1H3,(H,21,25). The molecular formula is C19H26ClN3O3. The van der Waals surface area contributed by atoms with E-state index >= 15 is 0 Å². The smallest absolute Gasteiger partial charge is 0.339 e. The van der Waals surface area contributed by atoms with Gasteiger partial charge in [-0.3, -0.25) is 4.90 Å². The molecule has 0 atom stereocenters. The molecular weight excluding hydrogens is 354 g/mol. The van der Waals surface area contributed by atoms with Crippen molar-refractivity contribution in [1.82, 2.24) is 9.80 Å². The van der Waals surface area contributed by atoms with Crippen LogP contribution in [0, 0.1) is 0 Å². The molecule has 26 heavy (non-hydrogen) atoms. The molecule has 0 unspecified atom stereocenters. The number of amides is 2. The second-order valence-electron chi connectivity index (χ2n) is 6.93. The van der Waals surface area contributed by atoms with E-state index in [-0.39, 0.29) is 16.6 Å². The van der Waals surface area contributed by atoms with E-state index in [1.54, 1.807) is 18.2 Å². The normalized spacial score (nSPS) is 19.2. The minimum Gasteiger partial charge on any atom is -0.465 e. The van der Waals surface area contributed by atoms with Crippen LogP contribution in [-0.4, -0.2) is 61.1 Å². The number of benzene rings is 1. The highest BCUT2D eigenvalue weighted by Gasteiger charge is 2.26. The molecule has 7 heteroatoms. The van der Waals surface area contributed by atoms with Crippen LogP contribution in [0.25, 0.3) is 0 Å². The fourth-order valence-corrected chi connectivity index (χ4v) is 4.10. The molecule has 1 saturated carbocycles. The van der Waals surface area contributed by atoms with Crippen molar-refractivity contribution in [2.45, 2.75) is 38.1 Å². The quantitative estimate of drug-likeness (QED) is 0.815. The maximum absolute atomic E-state index is 12.6. The van der Waals surface area contributed by atoms with Crippen LogP contribution < -0.4 is 5.32 Å². The summed E-state index contributed by atoms with van der Waals surface area (Å²) in [5.74, 6) is -0.493. The van der Waals surface area contributed by atoms with Crippen molar-refractivity contribution in [1.29, 1.82) is 0 Å². The third kappa shape index (κ3) is 4.48. The Morgan fingerprint density at radius 2 is 1.88 bits per heavy atom. The van der Waals surface area contributed by atoms with E-state index < -0.39 is 5.97 Å². The lowest BCUT2D eigenvalue weighted by atomic mass is 10.2. The molecule has 1 heterocycles. The van der Waals surface area contributed by atoms with Crippen LogP contribution in [0.4, 0.5) is 10.5 Å². The molecule has 1 aliphatic carbocycles. The Morgan fingerprint density at radius 3 is 2.58 bits per heavy atom. The summed E-state index contributed by atoms with van der Waals surface area (Å²) in [7, 11) is 1.31. The van der Waals surface area contributed by atoms with Crippen LogP contribution in [0.5, 0.6) is 0 Å². The summed E-state index contributed by atoms with van der Waals surface area (Å²) in [5.41, 5.74) is 0.860. The van der Waals surface area contributed by atoms with Crippen molar-refractivity contribution in [3.05, 3.63) is 28.8 Å². The molecule has 2 aliphatic rings. The summed E-state index contributed by atoms with van der Waals surface area (Å²) in [5, 5.41) is 3.14. The Labute approximate surface area is 159 Å². The summed E-state index contributed by atoms with van der Waals surface area (Å²) < 4.78 is 4.68. The van der Waals surface area contributed by atoms with Crippen molar-refractivity contribution in [2.24, 2.45) is 0 Å². The van der Waals surface area contributed by atoms with Gasteiger partial charge in [0.05, 0.1) is 17.7 Å². The summed E-state index contributed by atoms with van der Waals surface area (Å²) in [6.07, 6.45) is 6.22. The maximum Gasteiger partial charge on any atom is 0.339 e. The van der Waals surface area contributed by atoms with Crippen molar-refractivity contribution >= 4 is 29.3 Å². The Kier molecular flexibility index (Phi) is 6.38. The largest absolute Gasteiger partial charge is 0.465 e. The van der Waals surface area contributed by atoms with E-state index in [9.17, 15) is 9.59 Å². The van der Waals surface area contributed by atoms with Crippen LogP contribution in [0.2, 0.25) is 5.02 Å². The van der Waals surface area contributed by atoms with Gasteiger partial charge < -0.3 is 15.0 Å². The van der Waals surface area contributed by atoms with Crippen molar-refractivity contribution in [3.63, 3.8) is 0 Å². The Morgan fingerprint density at radius 1 is 1.12 bits per heavy atom. The SMILES string of the molecule is COC(=O)c1ccc(NC(=O)N2CCCN(C3CCCC3)CC2)cc1Cl. The number of ether oxygens (including phenoxy) is 1. The number of esters is 1. The van der Waals surface area contributed by atoms with E-state index in [0.29, 0.717) is 11.7 Å². The van der Waals surface area contributed by atoms with Crippen LogP contribution >= 0.6 is 11.6 Å². The Bertz CT molecular complexity index is 661. The molecule has 2 amide bonds. The van der Waals surface area contributed by atoms with E-state index in [2.05, 4.69) is 15.0 Å². The fraction of sp³-hybridized carbons (Fsp3) is 0.579. The van der Waals surface area contributed by atoms with Gasteiger partial charge in [0, 0.05) is 37.9 Å². The van der Waals surface area contributed by atoms with Crippen molar-refractivity contribution in [3.8, 4) is 0 Å². The molecule has 3 rings (SSSR count). The number of carbonyl (C=O) groups excluding carboxylic acids is 2. The van der Waals surface area contributed by atoms with Crippen molar-refractivity contribution in [2.75, 3.05) is 38.6 Å². The number of nitrogens with zero attached hydrogens (tertiary/aromatic N) is 2. The third-order valence-corrected chi connectivity index (χ3v) is 5.60. The zero-order chi connectivity index (χ0) is 18.5. The van der Waals surface area contributed by atoms with Gasteiger partial charge in [0.15, 0.2) is 0 Å². The highest BCUT2D eigenvalue weighted by Crippen LogP contribution is 2.25. The van der Waals surface area contributed by atoms with E-state index in [4.69, 9.17) is 11.6 Å². The summed E-state index contributed by atoms with van der Waals surface area (Å²) in [6.45, 7) is 3.48. The van der Waals surface area contributed by atoms with Gasteiger partial charge in [0.1, 0.15) is 0 Å². The maximum atomic E-state index is 12.6. The highest BCUT2D eigenvalue weighted by molar-refractivity contribution is 6.33. The zero-order valence-electron chi connectivity index (χ0n) is 15.2. The van der Waals surface area contributed by atoms with Gasteiger partial charge >= 0.3 is 12.0 Å². The van der Waals surface area contributed by atoms with Gasteiger partial charge in [0.25, 0.3) is 0 Å². The number of methoxy groups -OCH3 is 1. The minimum atomic E-state index is -0.493. The summed E-state index contributed by atoms with van der Waals surface area (Å²) in [4.78, 5) is 28.6. The zero-order valence-corrected chi connectivity index (χ0v) is 15.9. The van der Waals surface area contributed by atoms with Crippen molar-refractivity contribution < 1.29 is 14.3 Å². The predicted molar refractivity (Wildman–Crippen MR) is 102 cm³/mol. The summed E-state index contributed by atoms with van der Waals surface area (Å²) >= 11 is 6.12. The van der Waals surface area contributed by atoms with E-state index in [1.807, 2.05) is 4.90 Å². The van der Waals surface area contributed by atoms with Gasteiger partial charge in [-0.15, -0.1) is 0 Å². The van der Waals surface area contributed by atoms with Crippen LogP contribution in [0.3, 0.4) is 0 Å². The second-order valence-corrected chi connectivity index (χ2v) is 7.34. The Balaban J connectivity index is 1.57. The predicted octanol–water partition coefficient (Wildman–Crippen LogP) is 3.61. The molecule has 2 fully saturated rings. The lowest BCUT2D eigenvalue weighted by molar-refractivity contribution is 0.0601. The third-order valence-electron chi connectivity index (χ3n) is 5.28. The van der Waals surface area contributed by atoms with Gasteiger partial charge in [-0.1, -0.05) is 24.4 Å². The van der Waals surface area contributed by atoms with Gasteiger partial charge in [-0.05, 0) is 37.5 Å². The first-order chi connectivity index (χ1) is 12.6. The monoisotopic (exact) mass is 379 g/mol. The van der Waals surface area contributed by atoms with Crippen LogP contribution in [-0.2, 0) is 4.74 Å². The number of hydrogen-bond donors (Lipinski definition) is 1. The molecule has 1 aromatic carbocycles. The molecule has 0 spiro atoms. The molecule has 142 valence electrons. The molecule has 6 nitrogen and oxygen atoms in total. The van der Waals surface area contributed by atoms with Crippen LogP contribution in [0.1, 0.15) is 42.5 Å². The average Bonchev–Trinajstić information content (AvgIpc) is 3.05. The number of hydrogen-bond acceptors (Lipinski definition) is 4.